The third kappa shape index (κ3) is 3.15. The second-order valence-electron chi connectivity index (χ2n) is 5.75. The van der Waals surface area contributed by atoms with E-state index in [4.69, 9.17) is 21.1 Å². The molecule has 0 radical (unpaired) electrons. The summed E-state index contributed by atoms with van der Waals surface area (Å²) in [5.41, 5.74) is 0.349. The van der Waals surface area contributed by atoms with Crippen LogP contribution in [-0.2, 0) is 5.41 Å². The van der Waals surface area contributed by atoms with Crippen molar-refractivity contribution in [3.63, 3.8) is 0 Å². The Hall–Kier alpha value is -0.930. The predicted octanol–water partition coefficient (Wildman–Crippen LogP) is 3.41. The molecule has 0 heterocycles. The van der Waals surface area contributed by atoms with Crippen LogP contribution in [0.15, 0.2) is 12.1 Å². The summed E-state index contributed by atoms with van der Waals surface area (Å²) in [6.07, 6.45) is 2.45. The first-order chi connectivity index (χ1) is 8.99. The van der Waals surface area contributed by atoms with Crippen molar-refractivity contribution in [3.05, 3.63) is 22.7 Å². The first kappa shape index (κ1) is 14.5. The van der Waals surface area contributed by atoms with Crippen LogP contribution < -0.4 is 9.47 Å². The van der Waals surface area contributed by atoms with Gasteiger partial charge in [-0.15, -0.1) is 0 Å². The van der Waals surface area contributed by atoms with Gasteiger partial charge in [-0.1, -0.05) is 25.4 Å². The number of halogens is 1. The zero-order chi connectivity index (χ0) is 14.0. The number of benzene rings is 1. The van der Waals surface area contributed by atoms with Gasteiger partial charge in [0.05, 0.1) is 20.3 Å². The van der Waals surface area contributed by atoms with Gasteiger partial charge in [0.15, 0.2) is 11.5 Å². The van der Waals surface area contributed by atoms with Crippen LogP contribution in [0, 0.1) is 5.92 Å². The average molecular weight is 285 g/mol. The highest BCUT2D eigenvalue weighted by Crippen LogP contribution is 2.44. The Morgan fingerprint density at radius 2 is 2.05 bits per heavy atom. The topological polar surface area (TPSA) is 38.7 Å². The highest BCUT2D eigenvalue weighted by Gasteiger charge is 2.30. The van der Waals surface area contributed by atoms with Crippen molar-refractivity contribution in [2.75, 3.05) is 20.3 Å². The Morgan fingerprint density at radius 1 is 1.37 bits per heavy atom. The summed E-state index contributed by atoms with van der Waals surface area (Å²) in [5, 5.41) is 10.2. The number of methoxy groups -OCH3 is 1. The third-order valence-corrected chi connectivity index (χ3v) is 3.84. The van der Waals surface area contributed by atoms with Crippen LogP contribution in [0.25, 0.3) is 0 Å². The Morgan fingerprint density at radius 3 is 2.58 bits per heavy atom. The summed E-state index contributed by atoms with van der Waals surface area (Å²) in [7, 11) is 1.61. The largest absolute Gasteiger partial charge is 0.493 e. The highest BCUT2D eigenvalue weighted by atomic mass is 35.5. The summed E-state index contributed by atoms with van der Waals surface area (Å²) in [6.45, 7) is 4.57. The second-order valence-corrected chi connectivity index (χ2v) is 6.16. The average Bonchev–Trinajstić information content (AvgIpc) is 3.20. The lowest BCUT2D eigenvalue weighted by atomic mass is 9.84. The van der Waals surface area contributed by atoms with E-state index in [1.54, 1.807) is 13.2 Å². The molecule has 0 amide bonds. The van der Waals surface area contributed by atoms with E-state index in [0.29, 0.717) is 29.0 Å². The number of ether oxygens (including phenoxy) is 2. The summed E-state index contributed by atoms with van der Waals surface area (Å²) in [4.78, 5) is 0. The van der Waals surface area contributed by atoms with E-state index >= 15 is 0 Å². The molecule has 4 heteroatoms. The molecule has 19 heavy (non-hydrogen) atoms. The number of hydrogen-bond acceptors (Lipinski definition) is 3. The summed E-state index contributed by atoms with van der Waals surface area (Å²) < 4.78 is 11.3. The van der Waals surface area contributed by atoms with E-state index in [0.717, 1.165) is 5.56 Å². The van der Waals surface area contributed by atoms with Crippen LogP contribution in [-0.4, -0.2) is 25.4 Å². The van der Waals surface area contributed by atoms with Gasteiger partial charge in [-0.2, -0.15) is 0 Å². The van der Waals surface area contributed by atoms with Crippen LogP contribution in [0.5, 0.6) is 11.5 Å². The molecule has 1 saturated carbocycles. The van der Waals surface area contributed by atoms with Gasteiger partial charge >= 0.3 is 0 Å². The maximum atomic E-state index is 9.59. The van der Waals surface area contributed by atoms with Crippen molar-refractivity contribution in [2.45, 2.75) is 32.1 Å². The van der Waals surface area contributed by atoms with E-state index in [1.165, 1.54) is 12.8 Å². The van der Waals surface area contributed by atoms with Crippen molar-refractivity contribution in [1.29, 1.82) is 0 Å². The minimum atomic E-state index is -0.468. The smallest absolute Gasteiger partial charge is 0.166 e. The Balaban J connectivity index is 2.41. The molecule has 2 rings (SSSR count). The molecule has 106 valence electrons. The molecule has 1 N–H and O–H groups in total. The molecule has 0 unspecified atom stereocenters. The zero-order valence-electron chi connectivity index (χ0n) is 11.7. The molecule has 1 aromatic carbocycles. The number of aliphatic hydroxyl groups is 1. The van der Waals surface area contributed by atoms with Gasteiger partial charge in [0.2, 0.25) is 0 Å². The molecule has 3 nitrogen and oxygen atoms in total. The maximum absolute atomic E-state index is 9.59. The molecular weight excluding hydrogens is 264 g/mol. The summed E-state index contributed by atoms with van der Waals surface area (Å²) in [6, 6.07) is 3.60. The standard InChI is InChI=1S/C15H21ClO3/c1-15(2,9-17)13-11(16)6-7-12(18-3)14(13)19-8-10-4-5-10/h6-7,10,17H,4-5,8-9H2,1-3H3. The predicted molar refractivity (Wildman–Crippen MR) is 76.3 cm³/mol. The fourth-order valence-electron chi connectivity index (χ4n) is 2.04. The molecule has 0 atom stereocenters. The summed E-state index contributed by atoms with van der Waals surface area (Å²) in [5.74, 6) is 1.98. The quantitative estimate of drug-likeness (QED) is 0.870. The maximum Gasteiger partial charge on any atom is 0.166 e. The van der Waals surface area contributed by atoms with E-state index in [2.05, 4.69) is 0 Å². The van der Waals surface area contributed by atoms with E-state index in [-0.39, 0.29) is 6.61 Å². The number of aliphatic hydroxyl groups excluding tert-OH is 1. The fourth-order valence-corrected chi connectivity index (χ4v) is 2.44. The molecule has 0 aliphatic heterocycles. The van der Waals surface area contributed by atoms with E-state index in [9.17, 15) is 5.11 Å². The molecular formula is C15H21ClO3. The van der Waals surface area contributed by atoms with Crippen molar-refractivity contribution >= 4 is 11.6 Å². The molecule has 0 spiro atoms. The first-order valence-electron chi connectivity index (χ1n) is 6.60. The Bertz CT molecular complexity index is 453. The number of rotatable bonds is 6. The summed E-state index contributed by atoms with van der Waals surface area (Å²) >= 11 is 6.31. The van der Waals surface area contributed by atoms with Crippen LogP contribution >= 0.6 is 11.6 Å². The Labute approximate surface area is 119 Å². The van der Waals surface area contributed by atoms with Crippen LogP contribution in [0.3, 0.4) is 0 Å². The van der Waals surface area contributed by atoms with Gasteiger partial charge in [-0.05, 0) is 30.9 Å². The van der Waals surface area contributed by atoms with Crippen LogP contribution in [0.4, 0.5) is 0 Å². The molecule has 0 aromatic heterocycles. The monoisotopic (exact) mass is 284 g/mol. The SMILES string of the molecule is COc1ccc(Cl)c(C(C)(C)CO)c1OCC1CC1. The van der Waals surface area contributed by atoms with Gasteiger partial charge < -0.3 is 14.6 Å². The van der Waals surface area contributed by atoms with Gasteiger partial charge in [0.25, 0.3) is 0 Å². The molecule has 1 aromatic rings. The molecule has 1 fully saturated rings. The van der Waals surface area contributed by atoms with E-state index < -0.39 is 5.41 Å². The minimum Gasteiger partial charge on any atom is -0.493 e. The molecule has 0 bridgehead atoms. The van der Waals surface area contributed by atoms with Crippen LogP contribution in [0.1, 0.15) is 32.3 Å². The van der Waals surface area contributed by atoms with Crippen molar-refractivity contribution < 1.29 is 14.6 Å². The normalized spacial score (nSPS) is 15.4. The molecule has 0 saturated heterocycles. The van der Waals surface area contributed by atoms with Gasteiger partial charge in [0, 0.05) is 16.0 Å². The third-order valence-electron chi connectivity index (χ3n) is 3.52. The molecule has 1 aliphatic carbocycles. The van der Waals surface area contributed by atoms with Crippen molar-refractivity contribution in [3.8, 4) is 11.5 Å². The van der Waals surface area contributed by atoms with Crippen molar-refractivity contribution in [1.82, 2.24) is 0 Å². The van der Waals surface area contributed by atoms with E-state index in [1.807, 2.05) is 19.9 Å². The lowest BCUT2D eigenvalue weighted by Crippen LogP contribution is -2.24. The lowest BCUT2D eigenvalue weighted by Gasteiger charge is -2.27. The second kappa shape index (κ2) is 5.59. The Kier molecular flexibility index (Phi) is 4.26. The lowest BCUT2D eigenvalue weighted by molar-refractivity contribution is 0.208. The first-order valence-corrected chi connectivity index (χ1v) is 6.98. The molecule has 1 aliphatic rings. The highest BCUT2D eigenvalue weighted by molar-refractivity contribution is 6.31. The number of hydrogen-bond donors (Lipinski definition) is 1. The van der Waals surface area contributed by atoms with Gasteiger partial charge in [-0.25, -0.2) is 0 Å². The van der Waals surface area contributed by atoms with Crippen LogP contribution in [0.2, 0.25) is 5.02 Å². The fraction of sp³-hybridized carbons (Fsp3) is 0.600. The van der Waals surface area contributed by atoms with Gasteiger partial charge in [-0.3, -0.25) is 0 Å². The minimum absolute atomic E-state index is 0.000321. The zero-order valence-corrected chi connectivity index (χ0v) is 12.5. The van der Waals surface area contributed by atoms with Crippen molar-refractivity contribution in [2.24, 2.45) is 5.92 Å². The van der Waals surface area contributed by atoms with Gasteiger partial charge in [0.1, 0.15) is 0 Å².